The van der Waals surface area contributed by atoms with Gasteiger partial charge in [0.25, 0.3) is 0 Å². The molecule has 2 fully saturated rings. The second-order valence-electron chi connectivity index (χ2n) is 4.39. The molecular formula is C12H17NO. The quantitative estimate of drug-likeness (QED) is 0.580. The molecule has 0 bridgehead atoms. The van der Waals surface area contributed by atoms with E-state index in [9.17, 15) is 4.79 Å². The average molecular weight is 191 g/mol. The Hall–Kier alpha value is -0.970. The van der Waals surface area contributed by atoms with E-state index < -0.39 is 0 Å². The summed E-state index contributed by atoms with van der Waals surface area (Å²) in [4.78, 5) is 13.6. The maximum absolute atomic E-state index is 11.7. The zero-order valence-electron chi connectivity index (χ0n) is 8.59. The van der Waals surface area contributed by atoms with E-state index in [-0.39, 0.29) is 11.4 Å². The molecule has 1 amide bonds. The Kier molecular flexibility index (Phi) is 2.50. The van der Waals surface area contributed by atoms with Crippen molar-refractivity contribution >= 4 is 5.91 Å². The molecule has 0 atom stereocenters. The minimum atomic E-state index is -0.216. The van der Waals surface area contributed by atoms with Gasteiger partial charge in [0.05, 0.1) is 0 Å². The van der Waals surface area contributed by atoms with Gasteiger partial charge in [-0.15, -0.1) is 6.42 Å². The van der Waals surface area contributed by atoms with Gasteiger partial charge in [0.1, 0.15) is 5.54 Å². The number of likely N-dealkylation sites (tertiary alicyclic amines) is 1. The lowest BCUT2D eigenvalue weighted by molar-refractivity contribution is -0.132. The van der Waals surface area contributed by atoms with E-state index in [1.807, 2.05) is 4.90 Å². The van der Waals surface area contributed by atoms with E-state index in [0.29, 0.717) is 6.42 Å². The van der Waals surface area contributed by atoms with Gasteiger partial charge in [0, 0.05) is 13.0 Å². The summed E-state index contributed by atoms with van der Waals surface area (Å²) in [6, 6.07) is 0. The van der Waals surface area contributed by atoms with Gasteiger partial charge in [0.2, 0.25) is 5.91 Å². The highest BCUT2D eigenvalue weighted by Gasteiger charge is 2.40. The molecule has 14 heavy (non-hydrogen) atoms. The van der Waals surface area contributed by atoms with Gasteiger partial charge in [-0.2, -0.15) is 0 Å². The lowest BCUT2D eigenvalue weighted by atomic mass is 9.81. The lowest BCUT2D eigenvalue weighted by Gasteiger charge is -2.40. The van der Waals surface area contributed by atoms with Gasteiger partial charge >= 0.3 is 0 Å². The van der Waals surface area contributed by atoms with Crippen molar-refractivity contribution in [3.05, 3.63) is 0 Å². The third-order valence-corrected chi connectivity index (χ3v) is 3.54. The molecule has 2 aliphatic rings. The standard InChI is InChI=1S/C12H17NO/c1-2-12(8-4-3-5-9-12)13-10-6-7-11(13)14/h1H,3-10H2. The van der Waals surface area contributed by atoms with Crippen LogP contribution in [0.3, 0.4) is 0 Å². The Morgan fingerprint density at radius 3 is 2.43 bits per heavy atom. The van der Waals surface area contributed by atoms with Crippen molar-refractivity contribution in [1.82, 2.24) is 4.90 Å². The van der Waals surface area contributed by atoms with Crippen molar-refractivity contribution in [1.29, 1.82) is 0 Å². The smallest absolute Gasteiger partial charge is 0.223 e. The van der Waals surface area contributed by atoms with E-state index in [1.165, 1.54) is 19.3 Å². The topological polar surface area (TPSA) is 20.3 Å². The van der Waals surface area contributed by atoms with Gasteiger partial charge in [-0.05, 0) is 19.3 Å². The van der Waals surface area contributed by atoms with E-state index in [4.69, 9.17) is 6.42 Å². The van der Waals surface area contributed by atoms with Gasteiger partial charge < -0.3 is 4.90 Å². The Bertz CT molecular complexity index is 271. The number of hydrogen-bond acceptors (Lipinski definition) is 1. The number of nitrogens with zero attached hydrogens (tertiary/aromatic N) is 1. The Balaban J connectivity index is 2.18. The first-order valence-corrected chi connectivity index (χ1v) is 5.57. The molecule has 2 heteroatoms. The fourth-order valence-corrected chi connectivity index (χ4v) is 2.73. The Morgan fingerprint density at radius 2 is 1.93 bits per heavy atom. The molecule has 0 aromatic rings. The summed E-state index contributed by atoms with van der Waals surface area (Å²) in [5, 5.41) is 0. The van der Waals surface area contributed by atoms with Crippen LogP contribution >= 0.6 is 0 Å². The summed E-state index contributed by atoms with van der Waals surface area (Å²) in [7, 11) is 0. The van der Waals surface area contributed by atoms with Crippen molar-refractivity contribution in [2.24, 2.45) is 0 Å². The molecule has 1 saturated heterocycles. The summed E-state index contributed by atoms with van der Waals surface area (Å²) < 4.78 is 0. The Morgan fingerprint density at radius 1 is 1.21 bits per heavy atom. The second-order valence-corrected chi connectivity index (χ2v) is 4.39. The highest BCUT2D eigenvalue weighted by molar-refractivity contribution is 5.79. The molecule has 0 radical (unpaired) electrons. The predicted molar refractivity (Wildman–Crippen MR) is 55.6 cm³/mol. The predicted octanol–water partition coefficient (Wildman–Crippen LogP) is 1.94. The van der Waals surface area contributed by atoms with Crippen LogP contribution in [0.25, 0.3) is 0 Å². The number of amides is 1. The highest BCUT2D eigenvalue weighted by atomic mass is 16.2. The molecule has 1 saturated carbocycles. The number of rotatable bonds is 1. The van der Waals surface area contributed by atoms with Crippen molar-refractivity contribution in [2.75, 3.05) is 6.54 Å². The van der Waals surface area contributed by atoms with Crippen molar-refractivity contribution in [3.63, 3.8) is 0 Å². The highest BCUT2D eigenvalue weighted by Crippen LogP contribution is 2.35. The minimum Gasteiger partial charge on any atom is -0.326 e. The first-order valence-electron chi connectivity index (χ1n) is 5.57. The monoisotopic (exact) mass is 191 g/mol. The summed E-state index contributed by atoms with van der Waals surface area (Å²) >= 11 is 0. The van der Waals surface area contributed by atoms with Crippen molar-refractivity contribution in [3.8, 4) is 12.3 Å². The van der Waals surface area contributed by atoms with Crippen LogP contribution in [0.4, 0.5) is 0 Å². The maximum atomic E-state index is 11.7. The fourth-order valence-electron chi connectivity index (χ4n) is 2.73. The normalized spacial score (nSPS) is 26.2. The molecule has 0 aromatic carbocycles. The van der Waals surface area contributed by atoms with Crippen LogP contribution in [0.2, 0.25) is 0 Å². The van der Waals surface area contributed by atoms with Crippen LogP contribution in [0.15, 0.2) is 0 Å². The molecule has 1 heterocycles. The van der Waals surface area contributed by atoms with E-state index in [2.05, 4.69) is 5.92 Å². The summed E-state index contributed by atoms with van der Waals surface area (Å²) in [6.07, 6.45) is 13.0. The third kappa shape index (κ3) is 1.41. The van der Waals surface area contributed by atoms with Crippen LogP contribution in [0.5, 0.6) is 0 Å². The lowest BCUT2D eigenvalue weighted by Crippen LogP contribution is -2.49. The van der Waals surface area contributed by atoms with Crippen LogP contribution in [-0.2, 0) is 4.79 Å². The summed E-state index contributed by atoms with van der Waals surface area (Å²) in [6.45, 7) is 0.878. The van der Waals surface area contributed by atoms with Crippen molar-refractivity contribution in [2.45, 2.75) is 50.5 Å². The van der Waals surface area contributed by atoms with Gasteiger partial charge in [-0.1, -0.05) is 25.2 Å². The van der Waals surface area contributed by atoms with Gasteiger partial charge in [0.15, 0.2) is 0 Å². The largest absolute Gasteiger partial charge is 0.326 e. The van der Waals surface area contributed by atoms with Crippen LogP contribution < -0.4 is 0 Å². The third-order valence-electron chi connectivity index (χ3n) is 3.54. The number of carbonyl (C=O) groups is 1. The second kappa shape index (κ2) is 3.65. The SMILES string of the molecule is C#CC1(N2CCCC2=O)CCCCC1. The first kappa shape index (κ1) is 9.58. The van der Waals surface area contributed by atoms with Crippen LogP contribution in [0, 0.1) is 12.3 Å². The molecule has 0 unspecified atom stereocenters. The van der Waals surface area contributed by atoms with Crippen LogP contribution in [-0.4, -0.2) is 22.9 Å². The van der Waals surface area contributed by atoms with E-state index in [1.54, 1.807) is 0 Å². The molecule has 0 aromatic heterocycles. The number of hydrogen-bond donors (Lipinski definition) is 0. The molecule has 2 rings (SSSR count). The molecule has 76 valence electrons. The molecule has 1 aliphatic carbocycles. The molecular weight excluding hydrogens is 174 g/mol. The zero-order valence-corrected chi connectivity index (χ0v) is 8.59. The van der Waals surface area contributed by atoms with Crippen molar-refractivity contribution < 1.29 is 4.79 Å². The zero-order chi connectivity index (χ0) is 10.0. The Labute approximate surface area is 85.7 Å². The molecule has 0 spiro atoms. The van der Waals surface area contributed by atoms with Gasteiger partial charge in [-0.25, -0.2) is 0 Å². The van der Waals surface area contributed by atoms with E-state index >= 15 is 0 Å². The maximum Gasteiger partial charge on any atom is 0.223 e. The molecule has 2 nitrogen and oxygen atoms in total. The summed E-state index contributed by atoms with van der Waals surface area (Å²) in [5.41, 5.74) is -0.216. The molecule has 0 N–H and O–H groups in total. The van der Waals surface area contributed by atoms with Gasteiger partial charge in [-0.3, -0.25) is 4.79 Å². The van der Waals surface area contributed by atoms with Crippen LogP contribution in [0.1, 0.15) is 44.9 Å². The van der Waals surface area contributed by atoms with E-state index in [0.717, 1.165) is 25.8 Å². The average Bonchev–Trinajstić information content (AvgIpc) is 2.66. The minimum absolute atomic E-state index is 0.216. The number of carbonyl (C=O) groups excluding carboxylic acids is 1. The fraction of sp³-hybridized carbons (Fsp3) is 0.750. The number of terminal acetylenes is 1. The molecule has 1 aliphatic heterocycles. The first-order chi connectivity index (χ1) is 6.78. The summed E-state index contributed by atoms with van der Waals surface area (Å²) in [5.74, 6) is 3.16.